The topological polar surface area (TPSA) is 29.3 Å². The molecule has 0 rings (SSSR count). The van der Waals surface area contributed by atoms with E-state index in [0.717, 1.165) is 12.8 Å². The smallest absolute Gasteiger partial charge is 0.00109 e. The first-order chi connectivity index (χ1) is 6.16. The van der Waals surface area contributed by atoms with Gasteiger partial charge in [0.15, 0.2) is 0 Å². The zero-order valence-electron chi connectivity index (χ0n) is 9.13. The van der Waals surface area contributed by atoms with Gasteiger partial charge in [0.1, 0.15) is 0 Å². The van der Waals surface area contributed by atoms with Gasteiger partial charge in [-0.25, -0.2) is 0 Å². The van der Waals surface area contributed by atoms with E-state index in [1.807, 2.05) is 6.08 Å². The van der Waals surface area contributed by atoms with Crippen molar-refractivity contribution in [1.82, 2.24) is 4.90 Å². The third-order valence-electron chi connectivity index (χ3n) is 2.15. The number of hydrogen-bond donors (Lipinski definition) is 1. The first-order valence-electron chi connectivity index (χ1n) is 5.22. The molecule has 0 bridgehead atoms. The Balaban J connectivity index is 3.19. The van der Waals surface area contributed by atoms with Gasteiger partial charge in [-0.15, -0.1) is 6.58 Å². The fraction of sp³-hybridized carbons (Fsp3) is 0.818. The van der Waals surface area contributed by atoms with Crippen molar-refractivity contribution < 1.29 is 0 Å². The van der Waals surface area contributed by atoms with Crippen LogP contribution in [0.4, 0.5) is 0 Å². The highest BCUT2D eigenvalue weighted by Gasteiger charge is 1.98. The lowest BCUT2D eigenvalue weighted by Crippen LogP contribution is -2.23. The molecular formula is C11H24N2. The average Bonchev–Trinajstić information content (AvgIpc) is 2.04. The van der Waals surface area contributed by atoms with E-state index in [-0.39, 0.29) is 0 Å². The molecule has 1 unspecified atom stereocenters. The van der Waals surface area contributed by atoms with Gasteiger partial charge in [0, 0.05) is 6.04 Å². The fourth-order valence-corrected chi connectivity index (χ4v) is 1.30. The summed E-state index contributed by atoms with van der Waals surface area (Å²) in [5.74, 6) is 0. The summed E-state index contributed by atoms with van der Waals surface area (Å²) in [7, 11) is 2.17. The molecule has 0 aliphatic rings. The Bertz CT molecular complexity index is 121. The highest BCUT2D eigenvalue weighted by Crippen LogP contribution is 1.98. The van der Waals surface area contributed by atoms with Crippen molar-refractivity contribution in [2.45, 2.75) is 38.6 Å². The van der Waals surface area contributed by atoms with Crippen LogP contribution in [0.1, 0.15) is 32.6 Å². The molecular weight excluding hydrogens is 160 g/mol. The van der Waals surface area contributed by atoms with E-state index in [4.69, 9.17) is 5.73 Å². The molecule has 0 saturated heterocycles. The minimum Gasteiger partial charge on any atom is -0.328 e. The SMILES string of the molecule is C=CCCCN(C)CCCC(C)N. The predicted molar refractivity (Wildman–Crippen MR) is 59.8 cm³/mol. The summed E-state index contributed by atoms with van der Waals surface area (Å²) < 4.78 is 0. The second-order valence-electron chi connectivity index (χ2n) is 3.85. The largest absolute Gasteiger partial charge is 0.328 e. The number of unbranched alkanes of at least 4 members (excludes halogenated alkanes) is 1. The maximum atomic E-state index is 5.67. The molecule has 78 valence electrons. The standard InChI is InChI=1S/C11H24N2/c1-4-5-6-9-13(3)10-7-8-11(2)12/h4,11H,1,5-10,12H2,2-3H3. The van der Waals surface area contributed by atoms with Crippen LogP contribution in [0, 0.1) is 0 Å². The van der Waals surface area contributed by atoms with E-state index in [2.05, 4.69) is 25.5 Å². The highest BCUT2D eigenvalue weighted by atomic mass is 15.1. The Labute approximate surface area is 82.8 Å². The Hall–Kier alpha value is -0.340. The molecule has 0 saturated carbocycles. The molecule has 0 aliphatic carbocycles. The summed E-state index contributed by atoms with van der Waals surface area (Å²) in [5, 5.41) is 0. The van der Waals surface area contributed by atoms with E-state index in [0.29, 0.717) is 6.04 Å². The summed E-state index contributed by atoms with van der Waals surface area (Å²) in [4.78, 5) is 2.37. The summed E-state index contributed by atoms with van der Waals surface area (Å²) in [6.45, 7) is 8.11. The van der Waals surface area contributed by atoms with Crippen LogP contribution in [-0.2, 0) is 0 Å². The van der Waals surface area contributed by atoms with E-state index in [1.54, 1.807) is 0 Å². The molecule has 0 aliphatic heterocycles. The van der Waals surface area contributed by atoms with Gasteiger partial charge in [-0.05, 0) is 52.7 Å². The van der Waals surface area contributed by atoms with E-state index in [9.17, 15) is 0 Å². The lowest BCUT2D eigenvalue weighted by molar-refractivity contribution is 0.319. The first kappa shape index (κ1) is 12.7. The Kier molecular flexibility index (Phi) is 8.05. The van der Waals surface area contributed by atoms with E-state index >= 15 is 0 Å². The molecule has 0 spiro atoms. The normalized spacial score (nSPS) is 13.2. The maximum absolute atomic E-state index is 5.67. The molecule has 0 aromatic rings. The van der Waals surface area contributed by atoms with Crippen LogP contribution in [-0.4, -0.2) is 31.1 Å². The lowest BCUT2D eigenvalue weighted by atomic mass is 10.2. The van der Waals surface area contributed by atoms with Crippen LogP contribution in [0.3, 0.4) is 0 Å². The number of hydrogen-bond acceptors (Lipinski definition) is 2. The molecule has 2 heteroatoms. The van der Waals surface area contributed by atoms with Crippen LogP contribution in [0.15, 0.2) is 12.7 Å². The molecule has 0 radical (unpaired) electrons. The third kappa shape index (κ3) is 9.57. The summed E-state index contributed by atoms with van der Waals surface area (Å²) in [6, 6.07) is 0.349. The molecule has 1 atom stereocenters. The van der Waals surface area contributed by atoms with Crippen molar-refractivity contribution in [2.24, 2.45) is 5.73 Å². The van der Waals surface area contributed by atoms with Crippen LogP contribution >= 0.6 is 0 Å². The molecule has 0 amide bonds. The van der Waals surface area contributed by atoms with Gasteiger partial charge in [-0.2, -0.15) is 0 Å². The second kappa shape index (κ2) is 8.27. The molecule has 0 aromatic carbocycles. The van der Waals surface area contributed by atoms with Crippen molar-refractivity contribution >= 4 is 0 Å². The molecule has 2 nitrogen and oxygen atoms in total. The summed E-state index contributed by atoms with van der Waals surface area (Å²) in [6.07, 6.45) is 6.67. The van der Waals surface area contributed by atoms with Crippen molar-refractivity contribution in [1.29, 1.82) is 0 Å². The van der Waals surface area contributed by atoms with Crippen molar-refractivity contribution in [2.75, 3.05) is 20.1 Å². The third-order valence-corrected chi connectivity index (χ3v) is 2.15. The lowest BCUT2D eigenvalue weighted by Gasteiger charge is -2.16. The first-order valence-corrected chi connectivity index (χ1v) is 5.22. The number of nitrogens with zero attached hydrogens (tertiary/aromatic N) is 1. The van der Waals surface area contributed by atoms with Gasteiger partial charge >= 0.3 is 0 Å². The quantitative estimate of drug-likeness (QED) is 0.462. The second-order valence-corrected chi connectivity index (χ2v) is 3.85. The van der Waals surface area contributed by atoms with Gasteiger partial charge in [0.2, 0.25) is 0 Å². The molecule has 0 fully saturated rings. The maximum Gasteiger partial charge on any atom is 0.00109 e. The Morgan fingerprint density at radius 1 is 1.38 bits per heavy atom. The number of allylic oxidation sites excluding steroid dienone is 1. The predicted octanol–water partition coefficient (Wildman–Crippen LogP) is 2.01. The Morgan fingerprint density at radius 3 is 2.54 bits per heavy atom. The number of rotatable bonds is 8. The fourth-order valence-electron chi connectivity index (χ4n) is 1.30. The molecule has 0 aromatic heterocycles. The van der Waals surface area contributed by atoms with Crippen LogP contribution in [0.25, 0.3) is 0 Å². The van der Waals surface area contributed by atoms with E-state index < -0.39 is 0 Å². The summed E-state index contributed by atoms with van der Waals surface area (Å²) in [5.41, 5.74) is 5.67. The van der Waals surface area contributed by atoms with Gasteiger partial charge in [-0.3, -0.25) is 0 Å². The van der Waals surface area contributed by atoms with Crippen LogP contribution in [0.5, 0.6) is 0 Å². The minimum absolute atomic E-state index is 0.349. The van der Waals surface area contributed by atoms with Gasteiger partial charge in [0.05, 0.1) is 0 Å². The monoisotopic (exact) mass is 184 g/mol. The molecule has 0 heterocycles. The van der Waals surface area contributed by atoms with Gasteiger partial charge in [0.25, 0.3) is 0 Å². The minimum atomic E-state index is 0.349. The Morgan fingerprint density at radius 2 is 2.00 bits per heavy atom. The van der Waals surface area contributed by atoms with Crippen molar-refractivity contribution in [3.63, 3.8) is 0 Å². The molecule has 13 heavy (non-hydrogen) atoms. The summed E-state index contributed by atoms with van der Waals surface area (Å²) >= 11 is 0. The zero-order valence-corrected chi connectivity index (χ0v) is 9.13. The van der Waals surface area contributed by atoms with Crippen LogP contribution < -0.4 is 5.73 Å². The van der Waals surface area contributed by atoms with Crippen LogP contribution in [0.2, 0.25) is 0 Å². The van der Waals surface area contributed by atoms with Gasteiger partial charge < -0.3 is 10.6 Å². The van der Waals surface area contributed by atoms with Crippen molar-refractivity contribution in [3.05, 3.63) is 12.7 Å². The van der Waals surface area contributed by atoms with Gasteiger partial charge in [-0.1, -0.05) is 6.08 Å². The van der Waals surface area contributed by atoms with Crippen molar-refractivity contribution in [3.8, 4) is 0 Å². The molecule has 2 N–H and O–H groups in total. The zero-order chi connectivity index (χ0) is 10.1. The average molecular weight is 184 g/mol. The highest BCUT2D eigenvalue weighted by molar-refractivity contribution is 4.67. The number of nitrogens with two attached hydrogens (primary N) is 1. The van der Waals surface area contributed by atoms with E-state index in [1.165, 1.54) is 25.9 Å².